The van der Waals surface area contributed by atoms with Gasteiger partial charge in [0.15, 0.2) is 0 Å². The Kier molecular flexibility index (Phi) is 5.70. The standard InChI is InChI=1S/C16H27BrN4O2/c1-10(14(17)20-18)19-12-7-8-21(13(9-12)11-5-6-11)15(22)23-16(2,3)4/h11-13H,5-9,18H2,1-4H3/b19-10?,20-14+. The van der Waals surface area contributed by atoms with E-state index in [-0.39, 0.29) is 18.2 Å². The number of hydrogen-bond donors (Lipinski definition) is 1. The molecular formula is C16H27BrN4O2. The van der Waals surface area contributed by atoms with E-state index in [1.54, 1.807) is 0 Å². The smallest absolute Gasteiger partial charge is 0.410 e. The van der Waals surface area contributed by atoms with Crippen molar-refractivity contribution in [3.05, 3.63) is 0 Å². The van der Waals surface area contributed by atoms with Gasteiger partial charge in [0.05, 0.1) is 11.8 Å². The van der Waals surface area contributed by atoms with Gasteiger partial charge >= 0.3 is 6.09 Å². The predicted octanol–water partition coefficient (Wildman–Crippen LogP) is 3.29. The number of carbonyl (C=O) groups excluding carboxylic acids is 1. The lowest BCUT2D eigenvalue weighted by atomic mass is 9.94. The van der Waals surface area contributed by atoms with Gasteiger partial charge in [-0.3, -0.25) is 4.99 Å². The Morgan fingerprint density at radius 3 is 2.48 bits per heavy atom. The zero-order valence-electron chi connectivity index (χ0n) is 14.4. The molecule has 2 aliphatic rings. The molecule has 1 aliphatic heterocycles. The van der Waals surface area contributed by atoms with Crippen molar-refractivity contribution in [3.8, 4) is 0 Å². The zero-order valence-corrected chi connectivity index (χ0v) is 16.0. The van der Waals surface area contributed by atoms with Gasteiger partial charge in [-0.2, -0.15) is 5.10 Å². The summed E-state index contributed by atoms with van der Waals surface area (Å²) in [7, 11) is 0. The maximum atomic E-state index is 12.5. The van der Waals surface area contributed by atoms with Crippen LogP contribution in [0.2, 0.25) is 0 Å². The maximum absolute atomic E-state index is 12.5. The lowest BCUT2D eigenvalue weighted by Gasteiger charge is -2.39. The molecule has 2 fully saturated rings. The molecule has 0 radical (unpaired) electrons. The summed E-state index contributed by atoms with van der Waals surface area (Å²) in [6, 6.07) is 0.433. The van der Waals surface area contributed by atoms with Crippen molar-refractivity contribution in [1.82, 2.24) is 4.90 Å². The van der Waals surface area contributed by atoms with E-state index in [1.165, 1.54) is 12.8 Å². The molecule has 23 heavy (non-hydrogen) atoms. The van der Waals surface area contributed by atoms with Crippen LogP contribution in [0.5, 0.6) is 0 Å². The van der Waals surface area contributed by atoms with E-state index in [4.69, 9.17) is 15.6 Å². The number of ether oxygens (including phenoxy) is 1. The third-order valence-electron chi connectivity index (χ3n) is 4.20. The van der Waals surface area contributed by atoms with Crippen molar-refractivity contribution in [2.45, 2.75) is 71.1 Å². The molecule has 130 valence electrons. The summed E-state index contributed by atoms with van der Waals surface area (Å²) in [4.78, 5) is 19.1. The fourth-order valence-corrected chi connectivity index (χ4v) is 3.09. The van der Waals surface area contributed by atoms with Gasteiger partial charge in [0.2, 0.25) is 0 Å². The van der Waals surface area contributed by atoms with Gasteiger partial charge in [0, 0.05) is 12.6 Å². The summed E-state index contributed by atoms with van der Waals surface area (Å²) >= 11 is 3.30. The number of amides is 1. The molecule has 2 N–H and O–H groups in total. The Balaban J connectivity index is 2.05. The molecule has 1 amide bonds. The lowest BCUT2D eigenvalue weighted by Crippen LogP contribution is -2.50. The van der Waals surface area contributed by atoms with Gasteiger partial charge in [-0.05, 0) is 75.2 Å². The average molecular weight is 387 g/mol. The second-order valence-electron chi connectivity index (χ2n) is 7.39. The Bertz CT molecular complexity index is 509. The summed E-state index contributed by atoms with van der Waals surface area (Å²) in [5, 5.41) is 3.62. The first-order valence-electron chi connectivity index (χ1n) is 8.19. The summed E-state index contributed by atoms with van der Waals surface area (Å²) in [5.41, 5.74) is 0.344. The molecule has 1 heterocycles. The molecule has 0 aromatic heterocycles. The van der Waals surface area contributed by atoms with Crippen LogP contribution in [-0.4, -0.2) is 45.6 Å². The molecule has 1 saturated heterocycles. The van der Waals surface area contributed by atoms with Gasteiger partial charge in [-0.1, -0.05) is 0 Å². The van der Waals surface area contributed by atoms with E-state index < -0.39 is 5.60 Å². The molecule has 1 aliphatic carbocycles. The van der Waals surface area contributed by atoms with Crippen LogP contribution in [0.15, 0.2) is 10.1 Å². The van der Waals surface area contributed by atoms with E-state index in [0.29, 0.717) is 17.1 Å². The molecule has 0 aromatic carbocycles. The minimum Gasteiger partial charge on any atom is -0.444 e. The number of carbonyl (C=O) groups is 1. The average Bonchev–Trinajstić information content (AvgIpc) is 3.28. The number of nitrogens with two attached hydrogens (primary N) is 1. The minimum absolute atomic E-state index is 0.196. The van der Waals surface area contributed by atoms with Crippen molar-refractivity contribution in [2.75, 3.05) is 6.54 Å². The van der Waals surface area contributed by atoms with Crippen molar-refractivity contribution in [3.63, 3.8) is 0 Å². The monoisotopic (exact) mass is 386 g/mol. The first-order chi connectivity index (χ1) is 10.7. The van der Waals surface area contributed by atoms with E-state index in [0.717, 1.165) is 18.6 Å². The summed E-state index contributed by atoms with van der Waals surface area (Å²) < 4.78 is 6.14. The molecule has 6 nitrogen and oxygen atoms in total. The topological polar surface area (TPSA) is 80.3 Å². The fourth-order valence-electron chi connectivity index (χ4n) is 2.99. The number of hydrogen-bond acceptors (Lipinski definition) is 5. The van der Waals surface area contributed by atoms with Crippen molar-refractivity contribution in [1.29, 1.82) is 0 Å². The van der Waals surface area contributed by atoms with Gasteiger partial charge in [0.25, 0.3) is 0 Å². The highest BCUT2D eigenvalue weighted by Gasteiger charge is 2.42. The molecule has 0 bridgehead atoms. The van der Waals surface area contributed by atoms with Gasteiger partial charge in [-0.25, -0.2) is 4.79 Å². The Morgan fingerprint density at radius 1 is 1.30 bits per heavy atom. The van der Waals surface area contributed by atoms with Crippen LogP contribution in [0.25, 0.3) is 0 Å². The number of likely N-dealkylation sites (tertiary alicyclic amines) is 1. The summed E-state index contributed by atoms with van der Waals surface area (Å²) in [5.74, 6) is 5.87. The number of hydrazone groups is 1. The van der Waals surface area contributed by atoms with Crippen LogP contribution in [-0.2, 0) is 4.74 Å². The molecular weight excluding hydrogens is 360 g/mol. The number of piperidine rings is 1. The van der Waals surface area contributed by atoms with Crippen molar-refractivity contribution < 1.29 is 9.53 Å². The molecule has 1 saturated carbocycles. The predicted molar refractivity (Wildman–Crippen MR) is 96.1 cm³/mol. The Labute approximate surface area is 146 Å². The number of aliphatic imine (C=N–C) groups is 1. The van der Waals surface area contributed by atoms with Crippen molar-refractivity contribution >= 4 is 32.4 Å². The van der Waals surface area contributed by atoms with Gasteiger partial charge in [0.1, 0.15) is 10.2 Å². The number of rotatable bonds is 3. The Hall–Kier alpha value is -1.11. The second kappa shape index (κ2) is 7.20. The highest BCUT2D eigenvalue weighted by Crippen LogP contribution is 2.40. The van der Waals surface area contributed by atoms with Crippen LogP contribution < -0.4 is 5.84 Å². The van der Waals surface area contributed by atoms with Gasteiger partial charge < -0.3 is 15.5 Å². The molecule has 0 spiro atoms. The third kappa shape index (κ3) is 5.19. The van der Waals surface area contributed by atoms with Crippen LogP contribution in [0.4, 0.5) is 4.79 Å². The van der Waals surface area contributed by atoms with Gasteiger partial charge in [-0.15, -0.1) is 0 Å². The third-order valence-corrected chi connectivity index (χ3v) is 4.98. The van der Waals surface area contributed by atoms with E-state index in [2.05, 4.69) is 21.0 Å². The van der Waals surface area contributed by atoms with Crippen LogP contribution in [0.1, 0.15) is 53.4 Å². The largest absolute Gasteiger partial charge is 0.444 e. The van der Waals surface area contributed by atoms with E-state index in [9.17, 15) is 4.79 Å². The first kappa shape index (κ1) is 18.2. The fraction of sp³-hybridized carbons (Fsp3) is 0.812. The van der Waals surface area contributed by atoms with E-state index in [1.807, 2.05) is 32.6 Å². The van der Waals surface area contributed by atoms with Crippen LogP contribution in [0, 0.1) is 5.92 Å². The highest BCUT2D eigenvalue weighted by atomic mass is 79.9. The molecule has 2 rings (SSSR count). The number of halogens is 1. The summed E-state index contributed by atoms with van der Waals surface area (Å²) in [6.07, 6.45) is 3.90. The van der Waals surface area contributed by atoms with E-state index >= 15 is 0 Å². The highest BCUT2D eigenvalue weighted by molar-refractivity contribution is 9.19. The molecule has 2 unspecified atom stereocenters. The molecule has 7 heteroatoms. The second-order valence-corrected chi connectivity index (χ2v) is 8.14. The minimum atomic E-state index is -0.459. The van der Waals surface area contributed by atoms with Crippen LogP contribution in [0.3, 0.4) is 0 Å². The quantitative estimate of drug-likeness (QED) is 0.458. The van der Waals surface area contributed by atoms with Crippen molar-refractivity contribution in [2.24, 2.45) is 21.9 Å². The normalized spacial score (nSPS) is 27.1. The SMILES string of the molecule is CC(=NC1CCN(C(=O)OC(C)(C)C)C(C2CC2)C1)/C(Br)=N\N. The lowest BCUT2D eigenvalue weighted by molar-refractivity contribution is 0.00549. The molecule has 2 atom stereocenters. The zero-order chi connectivity index (χ0) is 17.2. The maximum Gasteiger partial charge on any atom is 0.410 e. The number of nitrogens with zero attached hydrogens (tertiary/aromatic N) is 3. The summed E-state index contributed by atoms with van der Waals surface area (Å²) in [6.45, 7) is 8.30. The first-order valence-corrected chi connectivity index (χ1v) is 8.98. The Morgan fingerprint density at radius 2 is 1.96 bits per heavy atom. The van der Waals surface area contributed by atoms with Crippen LogP contribution >= 0.6 is 15.9 Å². The molecule has 0 aromatic rings.